The number of carbonyl (C=O) groups excluding carboxylic acids is 2. The molecule has 2 aliphatic rings. The van der Waals surface area contributed by atoms with Gasteiger partial charge in [0.1, 0.15) is 0 Å². The van der Waals surface area contributed by atoms with Crippen LogP contribution in [-0.4, -0.2) is 99.2 Å². The number of ether oxygens (including phenoxy) is 4. The summed E-state index contributed by atoms with van der Waals surface area (Å²) < 4.78 is 21.7. The maximum absolute atomic E-state index is 9.27. The summed E-state index contributed by atoms with van der Waals surface area (Å²) in [6, 6.07) is 0. The summed E-state index contributed by atoms with van der Waals surface area (Å²) in [5.41, 5.74) is 21.3. The average Bonchev–Trinajstić information content (AvgIpc) is 2.70. The molecular weight excluding hydrogens is 404 g/mol. The monoisotopic (exact) mass is 438 g/mol. The van der Waals surface area contributed by atoms with Gasteiger partial charge in [0.25, 0.3) is 12.3 Å². The van der Waals surface area contributed by atoms with Crippen LogP contribution < -0.4 is 33.1 Å². The normalized spacial score (nSPS) is 14.9. The van der Waals surface area contributed by atoms with Crippen molar-refractivity contribution in [3.63, 3.8) is 0 Å². The second-order valence-electron chi connectivity index (χ2n) is 5.41. The average molecular weight is 438 g/mol. The first-order valence-corrected chi connectivity index (χ1v) is 9.24. The van der Waals surface area contributed by atoms with Gasteiger partial charge in [-0.25, -0.2) is 0 Å². The first-order chi connectivity index (χ1) is 14.1. The lowest BCUT2D eigenvalue weighted by Crippen LogP contribution is -2.41. The Balaban J connectivity index is 0. The summed E-state index contributed by atoms with van der Waals surface area (Å²) in [5, 5.41) is 18.5. The summed E-state index contributed by atoms with van der Waals surface area (Å²) in [4.78, 5) is 18.5. The number of hydrogen-bond acceptors (Lipinski definition) is 8. The molecule has 0 saturated carbocycles. The van der Waals surface area contributed by atoms with Crippen molar-refractivity contribution in [1.29, 1.82) is 0 Å². The number of nitrogens with zero attached hydrogens (tertiary/aromatic N) is 2. The Morgan fingerprint density at radius 1 is 0.733 bits per heavy atom. The molecule has 0 spiro atoms. The summed E-state index contributed by atoms with van der Waals surface area (Å²) in [6.07, 6.45) is -2.92. The standard InChI is InChI=1S/2C5H11N3O.2C3H6O3/c2*6-5(7)8-1-3-9-4-2-8;2*1-2-6-3(4)5/h2*1-4H2,(H3,6,7);2*2H2,1H3,(H,4,5). The molecular formula is C16H34N6O8. The third kappa shape index (κ3) is 19.8. The van der Waals surface area contributed by atoms with E-state index in [4.69, 9.17) is 32.4 Å². The number of carboxylic acid groups (broad SMARTS) is 2. The predicted octanol–water partition coefficient (Wildman–Crippen LogP) is -4.66. The zero-order valence-electron chi connectivity index (χ0n) is 17.5. The molecule has 2 saturated heterocycles. The Morgan fingerprint density at radius 3 is 1.10 bits per heavy atom. The summed E-state index contributed by atoms with van der Waals surface area (Å²) in [5.74, 6) is 0.802. The Hall–Kier alpha value is -3.00. The van der Waals surface area contributed by atoms with Crippen molar-refractivity contribution in [3.8, 4) is 0 Å². The van der Waals surface area contributed by atoms with Gasteiger partial charge < -0.3 is 38.7 Å². The van der Waals surface area contributed by atoms with E-state index in [-0.39, 0.29) is 13.2 Å². The smallest absolute Gasteiger partial charge is 0.341 e. The van der Waals surface area contributed by atoms with E-state index in [1.165, 1.54) is 0 Å². The molecule has 0 aromatic carbocycles. The van der Waals surface area contributed by atoms with Gasteiger partial charge in [0.15, 0.2) is 0 Å². The molecule has 176 valence electrons. The third-order valence-corrected chi connectivity index (χ3v) is 3.28. The van der Waals surface area contributed by atoms with E-state index in [1.807, 2.05) is 9.15 Å². The fourth-order valence-corrected chi connectivity index (χ4v) is 1.88. The number of rotatable bonds is 2. The quantitative estimate of drug-likeness (QED) is 0.181. The van der Waals surface area contributed by atoms with Crippen LogP contribution >= 0.6 is 0 Å². The minimum atomic E-state index is -1.46. The fourth-order valence-electron chi connectivity index (χ4n) is 1.88. The number of hydrogen-bond donors (Lipinski definition) is 4. The molecule has 0 aromatic heterocycles. The Labute approximate surface area is 175 Å². The second-order valence-corrected chi connectivity index (χ2v) is 5.41. The second kappa shape index (κ2) is 19.3. The topological polar surface area (TPSA) is 227 Å². The number of carbonyl (C=O) groups is 2. The maximum atomic E-state index is 9.27. The van der Waals surface area contributed by atoms with E-state index in [2.05, 4.69) is 9.47 Å². The van der Waals surface area contributed by atoms with Gasteiger partial charge in [-0.1, -0.05) is 0 Å². The molecule has 0 radical (unpaired) electrons. The van der Waals surface area contributed by atoms with Crippen molar-refractivity contribution < 1.29 is 47.9 Å². The first kappa shape index (κ1) is 29.2. The highest BCUT2D eigenvalue weighted by Crippen LogP contribution is 1.87. The van der Waals surface area contributed by atoms with Crippen LogP contribution in [0.25, 0.3) is 0 Å². The molecule has 0 aromatic rings. The van der Waals surface area contributed by atoms with Gasteiger partial charge in [-0.05, 0) is 13.8 Å². The van der Waals surface area contributed by atoms with E-state index in [0.717, 1.165) is 52.6 Å². The van der Waals surface area contributed by atoms with Crippen LogP contribution in [0.1, 0.15) is 13.8 Å². The van der Waals surface area contributed by atoms with E-state index in [1.54, 1.807) is 13.8 Å². The minimum Gasteiger partial charge on any atom is -0.550 e. The van der Waals surface area contributed by atoms with E-state index < -0.39 is 12.3 Å². The van der Waals surface area contributed by atoms with Gasteiger partial charge >= 0.3 is 11.9 Å². The highest BCUT2D eigenvalue weighted by molar-refractivity contribution is 5.70. The van der Waals surface area contributed by atoms with Crippen LogP contribution in [0.5, 0.6) is 0 Å². The van der Waals surface area contributed by atoms with E-state index in [0.29, 0.717) is 11.9 Å². The van der Waals surface area contributed by atoms with Gasteiger partial charge in [-0.2, -0.15) is 0 Å². The van der Waals surface area contributed by atoms with Gasteiger partial charge in [-0.15, -0.1) is 0 Å². The van der Waals surface area contributed by atoms with Crippen molar-refractivity contribution in [2.75, 3.05) is 65.8 Å². The molecule has 0 aliphatic carbocycles. The van der Waals surface area contributed by atoms with Gasteiger partial charge in [0, 0.05) is 13.2 Å². The molecule has 0 atom stereocenters. The van der Waals surface area contributed by atoms with Crippen LogP contribution in [-0.2, 0) is 18.9 Å². The van der Waals surface area contributed by atoms with Crippen LogP contribution in [0, 0.1) is 0 Å². The molecule has 2 fully saturated rings. The van der Waals surface area contributed by atoms with Gasteiger partial charge in [0.2, 0.25) is 0 Å². The van der Waals surface area contributed by atoms with Crippen LogP contribution in [0.15, 0.2) is 0 Å². The lowest BCUT2D eigenvalue weighted by atomic mass is 10.5. The summed E-state index contributed by atoms with van der Waals surface area (Å²) >= 11 is 0. The van der Waals surface area contributed by atoms with Crippen LogP contribution in [0.4, 0.5) is 9.59 Å². The van der Waals surface area contributed by atoms with Crippen LogP contribution in [0.2, 0.25) is 0 Å². The fraction of sp³-hybridized carbons (Fsp3) is 0.750. The SMILES string of the molecule is CCOC(=O)[O-].CCOC(=O)[O-].NC(N)=[N+]1CCOCC1.NC(N)=[N+]1CCOCC1. The number of guanidine groups is 2. The molecule has 0 unspecified atom stereocenters. The molecule has 2 aliphatic heterocycles. The van der Waals surface area contributed by atoms with Gasteiger partial charge in [0.05, 0.1) is 52.6 Å². The van der Waals surface area contributed by atoms with Crippen molar-refractivity contribution >= 4 is 24.2 Å². The minimum absolute atomic E-state index is 0.169. The molecule has 2 rings (SSSR count). The predicted molar refractivity (Wildman–Crippen MR) is 102 cm³/mol. The van der Waals surface area contributed by atoms with Gasteiger partial charge in [-0.3, -0.25) is 32.1 Å². The highest BCUT2D eigenvalue weighted by Gasteiger charge is 2.09. The zero-order valence-corrected chi connectivity index (χ0v) is 17.5. The molecule has 0 bridgehead atoms. The van der Waals surface area contributed by atoms with Crippen LogP contribution in [0.3, 0.4) is 0 Å². The summed E-state index contributed by atoms with van der Waals surface area (Å²) in [6.45, 7) is 9.72. The third-order valence-electron chi connectivity index (χ3n) is 3.28. The Morgan fingerprint density at radius 2 is 1.00 bits per heavy atom. The Bertz CT molecular complexity index is 484. The first-order valence-electron chi connectivity index (χ1n) is 9.24. The summed E-state index contributed by atoms with van der Waals surface area (Å²) in [7, 11) is 0. The molecule has 0 amide bonds. The molecule has 8 N–H and O–H groups in total. The zero-order chi connectivity index (χ0) is 23.4. The molecule has 2 heterocycles. The lowest BCUT2D eigenvalue weighted by Gasteiger charge is -2.14. The lowest BCUT2D eigenvalue weighted by molar-refractivity contribution is -0.551. The molecule has 14 nitrogen and oxygen atoms in total. The number of nitrogens with two attached hydrogens (primary N) is 4. The van der Waals surface area contributed by atoms with Crippen molar-refractivity contribution in [1.82, 2.24) is 0 Å². The van der Waals surface area contributed by atoms with Crippen molar-refractivity contribution in [2.45, 2.75) is 13.8 Å². The Kier molecular flexibility index (Phi) is 18.8. The van der Waals surface area contributed by atoms with Crippen molar-refractivity contribution in [2.24, 2.45) is 22.9 Å². The molecule has 30 heavy (non-hydrogen) atoms. The largest absolute Gasteiger partial charge is 0.550 e. The maximum Gasteiger partial charge on any atom is 0.341 e. The molecule has 14 heteroatoms. The van der Waals surface area contributed by atoms with Crippen molar-refractivity contribution in [3.05, 3.63) is 0 Å². The van der Waals surface area contributed by atoms with E-state index >= 15 is 0 Å². The number of morpholine rings is 2. The van der Waals surface area contributed by atoms with E-state index in [9.17, 15) is 19.8 Å². The highest BCUT2D eigenvalue weighted by atomic mass is 16.7.